The molecular weight excluding hydrogens is 287 g/mol. The maximum atomic E-state index is 12.8. The van der Waals surface area contributed by atoms with Crippen molar-refractivity contribution >= 4 is 11.6 Å². The normalized spacial score (nSPS) is 10.6. The molecule has 0 fully saturated rings. The maximum Gasteiger partial charge on any atom is 0.271 e. The summed E-state index contributed by atoms with van der Waals surface area (Å²) in [5.74, 6) is -0.201. The van der Waals surface area contributed by atoms with Crippen LogP contribution in [0.2, 0.25) is 0 Å². The Morgan fingerprint density at radius 3 is 2.77 bits per heavy atom. The van der Waals surface area contributed by atoms with Gasteiger partial charge in [-0.2, -0.15) is 0 Å². The monoisotopic (exact) mass is 300 g/mol. The van der Waals surface area contributed by atoms with Crippen LogP contribution in [0.25, 0.3) is 5.65 Å². The van der Waals surface area contributed by atoms with Crippen LogP contribution in [0.3, 0.4) is 0 Å². The van der Waals surface area contributed by atoms with Gasteiger partial charge in [0.15, 0.2) is 5.65 Å². The van der Waals surface area contributed by atoms with Gasteiger partial charge in [0.05, 0.1) is 13.3 Å². The number of imidazole rings is 1. The number of rotatable bonds is 4. The highest BCUT2D eigenvalue weighted by Crippen LogP contribution is 2.09. The van der Waals surface area contributed by atoms with Gasteiger partial charge in [0.25, 0.3) is 5.91 Å². The molecule has 2 aromatic heterocycles. The minimum Gasteiger partial charge on any atom is -0.480 e. The zero-order valence-corrected chi connectivity index (χ0v) is 11.8. The van der Waals surface area contributed by atoms with Crippen LogP contribution < -0.4 is 10.1 Å². The van der Waals surface area contributed by atoms with Crippen molar-refractivity contribution in [3.05, 3.63) is 59.7 Å². The lowest BCUT2D eigenvalue weighted by molar-refractivity contribution is 0.0946. The van der Waals surface area contributed by atoms with Gasteiger partial charge in [0.2, 0.25) is 5.88 Å². The molecule has 0 aliphatic heterocycles. The number of hydrogen-bond acceptors (Lipinski definition) is 4. The summed E-state index contributed by atoms with van der Waals surface area (Å²) >= 11 is 0. The summed E-state index contributed by atoms with van der Waals surface area (Å²) in [6.45, 7) is 0.295. The first-order valence-corrected chi connectivity index (χ1v) is 6.59. The summed E-state index contributed by atoms with van der Waals surface area (Å²) < 4.78 is 19.3. The van der Waals surface area contributed by atoms with E-state index in [1.165, 1.54) is 30.0 Å². The quantitative estimate of drug-likeness (QED) is 0.798. The summed E-state index contributed by atoms with van der Waals surface area (Å²) in [6, 6.07) is 9.31. The predicted octanol–water partition coefficient (Wildman–Crippen LogP) is 1.81. The Morgan fingerprint density at radius 1 is 1.27 bits per heavy atom. The molecule has 0 aliphatic rings. The van der Waals surface area contributed by atoms with Gasteiger partial charge in [-0.3, -0.25) is 4.79 Å². The van der Waals surface area contributed by atoms with Crippen LogP contribution in [0.5, 0.6) is 5.88 Å². The van der Waals surface area contributed by atoms with E-state index in [4.69, 9.17) is 4.74 Å². The zero-order chi connectivity index (χ0) is 15.5. The SMILES string of the molecule is COc1ccc2nc(C(=O)NCc3ccc(F)cc3)cn2n1. The molecule has 1 N–H and O–H groups in total. The Morgan fingerprint density at radius 2 is 2.05 bits per heavy atom. The zero-order valence-electron chi connectivity index (χ0n) is 11.8. The average Bonchev–Trinajstić information content (AvgIpc) is 2.97. The summed E-state index contributed by atoms with van der Waals surface area (Å²) in [4.78, 5) is 16.3. The van der Waals surface area contributed by atoms with Crippen LogP contribution in [-0.2, 0) is 6.54 Å². The highest BCUT2D eigenvalue weighted by atomic mass is 19.1. The second-order valence-electron chi connectivity index (χ2n) is 4.61. The van der Waals surface area contributed by atoms with E-state index in [-0.39, 0.29) is 17.4 Å². The maximum absolute atomic E-state index is 12.8. The minimum absolute atomic E-state index is 0.253. The highest BCUT2D eigenvalue weighted by molar-refractivity contribution is 5.92. The first-order valence-electron chi connectivity index (χ1n) is 6.59. The van der Waals surface area contributed by atoms with Gasteiger partial charge >= 0.3 is 0 Å². The van der Waals surface area contributed by atoms with E-state index in [9.17, 15) is 9.18 Å². The number of methoxy groups -OCH3 is 1. The molecule has 1 aromatic carbocycles. The van der Waals surface area contributed by atoms with E-state index in [1.54, 1.807) is 24.3 Å². The first kappa shape index (κ1) is 14.0. The standard InChI is InChI=1S/C15H13FN4O2/c1-22-14-7-6-13-18-12(9-20(13)19-14)15(21)17-8-10-2-4-11(16)5-3-10/h2-7,9H,8H2,1H3,(H,17,21). The molecule has 0 saturated carbocycles. The summed E-state index contributed by atoms with van der Waals surface area (Å²) in [5.41, 5.74) is 1.61. The number of halogens is 1. The molecular formula is C15H13FN4O2. The molecule has 0 atom stereocenters. The molecule has 3 rings (SSSR count). The summed E-state index contributed by atoms with van der Waals surface area (Å²) in [5, 5.41) is 6.86. The topological polar surface area (TPSA) is 68.5 Å². The van der Waals surface area contributed by atoms with Gasteiger partial charge in [0.1, 0.15) is 11.5 Å². The van der Waals surface area contributed by atoms with E-state index in [1.807, 2.05) is 0 Å². The molecule has 2 heterocycles. The number of carbonyl (C=O) groups excluding carboxylic acids is 1. The number of carbonyl (C=O) groups is 1. The van der Waals surface area contributed by atoms with E-state index < -0.39 is 0 Å². The molecule has 7 heteroatoms. The number of amides is 1. The molecule has 22 heavy (non-hydrogen) atoms. The molecule has 6 nitrogen and oxygen atoms in total. The van der Waals surface area contributed by atoms with Gasteiger partial charge in [0, 0.05) is 12.6 Å². The van der Waals surface area contributed by atoms with Gasteiger partial charge in [-0.15, -0.1) is 5.10 Å². The number of nitrogens with zero attached hydrogens (tertiary/aromatic N) is 3. The second kappa shape index (κ2) is 5.80. The van der Waals surface area contributed by atoms with Crippen molar-refractivity contribution in [1.29, 1.82) is 0 Å². The minimum atomic E-state index is -0.325. The lowest BCUT2D eigenvalue weighted by Crippen LogP contribution is -2.23. The molecule has 112 valence electrons. The lowest BCUT2D eigenvalue weighted by Gasteiger charge is -2.02. The Bertz CT molecular complexity index is 814. The van der Waals surface area contributed by atoms with Crippen molar-refractivity contribution < 1.29 is 13.9 Å². The van der Waals surface area contributed by atoms with Crippen LogP contribution in [0.1, 0.15) is 16.1 Å². The Balaban J connectivity index is 1.73. The van der Waals surface area contributed by atoms with E-state index in [0.29, 0.717) is 18.1 Å². The van der Waals surface area contributed by atoms with Crippen LogP contribution in [0.15, 0.2) is 42.6 Å². The predicted molar refractivity (Wildman–Crippen MR) is 77.1 cm³/mol. The third-order valence-corrected chi connectivity index (χ3v) is 3.10. The lowest BCUT2D eigenvalue weighted by atomic mass is 10.2. The molecule has 0 saturated heterocycles. The van der Waals surface area contributed by atoms with Crippen LogP contribution >= 0.6 is 0 Å². The van der Waals surface area contributed by atoms with E-state index in [0.717, 1.165) is 5.56 Å². The fraction of sp³-hybridized carbons (Fsp3) is 0.133. The van der Waals surface area contributed by atoms with E-state index in [2.05, 4.69) is 15.4 Å². The van der Waals surface area contributed by atoms with Gasteiger partial charge < -0.3 is 10.1 Å². The second-order valence-corrected chi connectivity index (χ2v) is 4.61. The van der Waals surface area contributed by atoms with Gasteiger partial charge in [-0.05, 0) is 23.8 Å². The molecule has 3 aromatic rings. The van der Waals surface area contributed by atoms with Crippen molar-refractivity contribution in [1.82, 2.24) is 19.9 Å². The Labute approximate surface area is 125 Å². The third-order valence-electron chi connectivity index (χ3n) is 3.10. The molecule has 0 spiro atoms. The number of aromatic nitrogens is 3. The van der Waals surface area contributed by atoms with Crippen molar-refractivity contribution in [2.75, 3.05) is 7.11 Å². The summed E-state index contributed by atoms with van der Waals surface area (Å²) in [6.07, 6.45) is 1.53. The number of benzene rings is 1. The molecule has 1 amide bonds. The Hall–Kier alpha value is -2.96. The number of fused-ring (bicyclic) bond motifs is 1. The van der Waals surface area contributed by atoms with Crippen LogP contribution in [-0.4, -0.2) is 27.6 Å². The number of hydrogen-bond donors (Lipinski definition) is 1. The van der Waals surface area contributed by atoms with Crippen molar-refractivity contribution in [3.8, 4) is 5.88 Å². The van der Waals surface area contributed by atoms with E-state index >= 15 is 0 Å². The molecule has 0 radical (unpaired) electrons. The average molecular weight is 300 g/mol. The Kier molecular flexibility index (Phi) is 3.69. The third kappa shape index (κ3) is 2.88. The number of nitrogens with one attached hydrogen (secondary N) is 1. The summed E-state index contributed by atoms with van der Waals surface area (Å²) in [7, 11) is 1.52. The number of ether oxygens (including phenoxy) is 1. The van der Waals surface area contributed by atoms with Crippen molar-refractivity contribution in [3.63, 3.8) is 0 Å². The highest BCUT2D eigenvalue weighted by Gasteiger charge is 2.11. The largest absolute Gasteiger partial charge is 0.480 e. The molecule has 0 bridgehead atoms. The van der Waals surface area contributed by atoms with Gasteiger partial charge in [-0.1, -0.05) is 12.1 Å². The van der Waals surface area contributed by atoms with Crippen molar-refractivity contribution in [2.24, 2.45) is 0 Å². The van der Waals surface area contributed by atoms with Crippen LogP contribution in [0.4, 0.5) is 4.39 Å². The van der Waals surface area contributed by atoms with Crippen molar-refractivity contribution in [2.45, 2.75) is 6.54 Å². The smallest absolute Gasteiger partial charge is 0.271 e. The molecule has 0 aliphatic carbocycles. The fourth-order valence-electron chi connectivity index (χ4n) is 1.96. The van der Waals surface area contributed by atoms with Gasteiger partial charge in [-0.25, -0.2) is 13.9 Å². The fourth-order valence-corrected chi connectivity index (χ4v) is 1.96. The molecule has 0 unspecified atom stereocenters. The first-order chi connectivity index (χ1) is 10.7. The van der Waals surface area contributed by atoms with Crippen LogP contribution in [0, 0.1) is 5.82 Å².